The highest BCUT2D eigenvalue weighted by atomic mass is 32.1. The largest absolute Gasteiger partial charge is 0.472 e. The molecule has 1 N–H and O–H groups in total. The summed E-state index contributed by atoms with van der Waals surface area (Å²) in [6.07, 6.45) is 3.69. The first-order valence-electron chi connectivity index (χ1n) is 8.11. The van der Waals surface area contributed by atoms with Gasteiger partial charge in [0.15, 0.2) is 0 Å². The van der Waals surface area contributed by atoms with Crippen molar-refractivity contribution in [3.8, 4) is 11.3 Å². The third-order valence-electron chi connectivity index (χ3n) is 4.16. The molecule has 0 saturated carbocycles. The number of ether oxygens (including phenoxy) is 1. The fraction of sp³-hybridized carbons (Fsp3) is 0.353. The van der Waals surface area contributed by atoms with E-state index in [4.69, 9.17) is 9.15 Å². The number of hydrogen-bond donors (Lipinski definition) is 1. The Morgan fingerprint density at radius 1 is 1.44 bits per heavy atom. The molecule has 0 fully saturated rings. The van der Waals surface area contributed by atoms with Gasteiger partial charge in [0.25, 0.3) is 0 Å². The van der Waals surface area contributed by atoms with Gasteiger partial charge in [0, 0.05) is 29.4 Å². The van der Waals surface area contributed by atoms with Gasteiger partial charge in [0.2, 0.25) is 5.91 Å². The van der Waals surface area contributed by atoms with Crippen molar-refractivity contribution in [2.45, 2.75) is 19.6 Å². The van der Waals surface area contributed by atoms with Crippen LogP contribution in [0.25, 0.3) is 11.3 Å². The van der Waals surface area contributed by atoms with Crippen LogP contribution in [0.4, 0.5) is 0 Å². The van der Waals surface area contributed by atoms with Gasteiger partial charge in [0.1, 0.15) is 5.69 Å². The second-order valence-corrected chi connectivity index (χ2v) is 7.05. The van der Waals surface area contributed by atoms with E-state index >= 15 is 0 Å². The lowest BCUT2D eigenvalue weighted by Crippen LogP contribution is -2.33. The Bertz CT molecular complexity index is 826. The van der Waals surface area contributed by atoms with E-state index in [9.17, 15) is 4.79 Å². The highest BCUT2D eigenvalue weighted by molar-refractivity contribution is 7.10. The monoisotopic (exact) mass is 358 g/mol. The van der Waals surface area contributed by atoms with E-state index in [0.717, 1.165) is 21.8 Å². The molecule has 130 valence electrons. The van der Waals surface area contributed by atoms with Crippen LogP contribution in [0, 0.1) is 5.92 Å². The maximum Gasteiger partial charge on any atom is 0.225 e. The molecular weight excluding hydrogens is 340 g/mol. The number of rotatable bonds is 5. The van der Waals surface area contributed by atoms with E-state index in [2.05, 4.69) is 15.6 Å². The lowest BCUT2D eigenvalue weighted by Gasteiger charge is -2.14. The Kier molecular flexibility index (Phi) is 4.62. The van der Waals surface area contributed by atoms with Crippen LogP contribution in [0.1, 0.15) is 10.6 Å². The number of fused-ring (bicyclic) bond motifs is 1. The quantitative estimate of drug-likeness (QED) is 0.755. The molecule has 0 unspecified atom stereocenters. The fourth-order valence-electron chi connectivity index (χ4n) is 2.88. The minimum Gasteiger partial charge on any atom is -0.472 e. The van der Waals surface area contributed by atoms with Crippen LogP contribution in [0.5, 0.6) is 0 Å². The van der Waals surface area contributed by atoms with E-state index < -0.39 is 0 Å². The molecular formula is C17H18N4O3S. The molecule has 0 spiro atoms. The Morgan fingerprint density at radius 3 is 3.20 bits per heavy atom. The predicted molar refractivity (Wildman–Crippen MR) is 91.9 cm³/mol. The summed E-state index contributed by atoms with van der Waals surface area (Å²) in [6.45, 7) is 2.25. The van der Waals surface area contributed by atoms with Crippen LogP contribution >= 0.6 is 11.3 Å². The number of aromatic nitrogens is 3. The Labute approximate surface area is 148 Å². The third-order valence-corrected chi connectivity index (χ3v) is 5.03. The van der Waals surface area contributed by atoms with E-state index in [1.807, 2.05) is 28.3 Å². The van der Waals surface area contributed by atoms with Crippen LogP contribution in [0.3, 0.4) is 0 Å². The summed E-state index contributed by atoms with van der Waals surface area (Å²) in [4.78, 5) is 13.1. The van der Waals surface area contributed by atoms with Crippen LogP contribution in [0.2, 0.25) is 0 Å². The van der Waals surface area contributed by atoms with E-state index in [0.29, 0.717) is 32.7 Å². The summed E-state index contributed by atoms with van der Waals surface area (Å²) in [5, 5.41) is 13.5. The summed E-state index contributed by atoms with van der Waals surface area (Å²) in [5.41, 5.74) is 2.62. The molecule has 4 rings (SSSR count). The molecule has 0 bridgehead atoms. The normalized spacial score (nSPS) is 17.0. The van der Waals surface area contributed by atoms with Gasteiger partial charge in [-0.2, -0.15) is 0 Å². The zero-order chi connectivity index (χ0) is 17.1. The van der Waals surface area contributed by atoms with Crippen molar-refractivity contribution in [3.05, 3.63) is 46.7 Å². The zero-order valence-electron chi connectivity index (χ0n) is 13.6. The van der Waals surface area contributed by atoms with Gasteiger partial charge in [-0.25, -0.2) is 4.68 Å². The lowest BCUT2D eigenvalue weighted by atomic mass is 10.1. The maximum atomic E-state index is 12.1. The van der Waals surface area contributed by atoms with Gasteiger partial charge in [-0.15, -0.1) is 16.4 Å². The van der Waals surface area contributed by atoms with Gasteiger partial charge in [-0.1, -0.05) is 11.3 Å². The molecule has 1 amide bonds. The SMILES string of the molecule is O=C(Cc1cccs1)NC[C@H]1COCc2c(-c3ccoc3)nnn2C1. The number of furan rings is 1. The minimum atomic E-state index is 0.0320. The molecule has 0 aliphatic carbocycles. The number of carbonyl (C=O) groups excluding carboxylic acids is 1. The molecule has 8 heteroatoms. The number of nitrogens with one attached hydrogen (secondary N) is 1. The molecule has 0 saturated heterocycles. The highest BCUT2D eigenvalue weighted by Gasteiger charge is 2.23. The summed E-state index contributed by atoms with van der Waals surface area (Å²) in [6, 6.07) is 5.78. The second-order valence-electron chi connectivity index (χ2n) is 6.02. The van der Waals surface area contributed by atoms with Crippen LogP contribution < -0.4 is 5.32 Å². The van der Waals surface area contributed by atoms with Crippen molar-refractivity contribution in [1.82, 2.24) is 20.3 Å². The first kappa shape index (κ1) is 16.0. The molecule has 7 nitrogen and oxygen atoms in total. The molecule has 1 aliphatic heterocycles. The zero-order valence-corrected chi connectivity index (χ0v) is 14.4. The maximum absolute atomic E-state index is 12.1. The van der Waals surface area contributed by atoms with Crippen LogP contribution in [-0.2, 0) is 29.1 Å². The van der Waals surface area contributed by atoms with E-state index in [1.165, 1.54) is 0 Å². The summed E-state index contributed by atoms with van der Waals surface area (Å²) < 4.78 is 12.8. The third kappa shape index (κ3) is 3.64. The smallest absolute Gasteiger partial charge is 0.225 e. The number of amides is 1. The number of thiophene rings is 1. The molecule has 4 heterocycles. The van der Waals surface area contributed by atoms with Gasteiger partial charge in [-0.3, -0.25) is 4.79 Å². The van der Waals surface area contributed by atoms with Gasteiger partial charge in [0.05, 0.1) is 37.9 Å². The van der Waals surface area contributed by atoms with Crippen molar-refractivity contribution in [1.29, 1.82) is 0 Å². The van der Waals surface area contributed by atoms with Crippen molar-refractivity contribution >= 4 is 17.2 Å². The summed E-state index contributed by atoms with van der Waals surface area (Å²) >= 11 is 1.59. The van der Waals surface area contributed by atoms with Crippen molar-refractivity contribution in [2.75, 3.05) is 13.2 Å². The Balaban J connectivity index is 1.38. The van der Waals surface area contributed by atoms with E-state index in [1.54, 1.807) is 23.9 Å². The van der Waals surface area contributed by atoms with Crippen molar-refractivity contribution < 1.29 is 13.9 Å². The summed E-state index contributed by atoms with van der Waals surface area (Å²) in [5.74, 6) is 0.192. The second kappa shape index (κ2) is 7.20. The topological polar surface area (TPSA) is 82.2 Å². The number of nitrogens with zero attached hydrogens (tertiary/aromatic N) is 3. The molecule has 3 aromatic rings. The van der Waals surface area contributed by atoms with Crippen molar-refractivity contribution in [3.63, 3.8) is 0 Å². The minimum absolute atomic E-state index is 0.0320. The molecule has 0 radical (unpaired) electrons. The van der Waals surface area contributed by atoms with Gasteiger partial charge >= 0.3 is 0 Å². The molecule has 25 heavy (non-hydrogen) atoms. The average Bonchev–Trinajstić information content (AvgIpc) is 3.33. The van der Waals surface area contributed by atoms with Gasteiger partial charge < -0.3 is 14.5 Å². The lowest BCUT2D eigenvalue weighted by molar-refractivity contribution is -0.120. The fourth-order valence-corrected chi connectivity index (χ4v) is 3.58. The Morgan fingerprint density at radius 2 is 2.40 bits per heavy atom. The predicted octanol–water partition coefficient (Wildman–Crippen LogP) is 2.10. The number of carbonyl (C=O) groups is 1. The number of hydrogen-bond acceptors (Lipinski definition) is 6. The Hall–Kier alpha value is -2.45. The molecule has 0 aromatic carbocycles. The van der Waals surface area contributed by atoms with Crippen LogP contribution in [0.15, 0.2) is 40.5 Å². The first-order valence-corrected chi connectivity index (χ1v) is 8.99. The van der Waals surface area contributed by atoms with Crippen LogP contribution in [-0.4, -0.2) is 34.1 Å². The molecule has 1 aliphatic rings. The van der Waals surface area contributed by atoms with Crippen molar-refractivity contribution in [2.24, 2.45) is 5.92 Å². The van der Waals surface area contributed by atoms with E-state index in [-0.39, 0.29) is 11.8 Å². The standard InChI is InChI=1S/C17H18N4O3S/c22-16(6-14-2-1-5-25-14)18-7-12-8-21-15(11-24-9-12)17(19-20-21)13-3-4-23-10-13/h1-5,10,12H,6-9,11H2,(H,18,22)/t12-/m1/s1. The average molecular weight is 358 g/mol. The highest BCUT2D eigenvalue weighted by Crippen LogP contribution is 2.24. The van der Waals surface area contributed by atoms with Gasteiger partial charge in [-0.05, 0) is 17.5 Å². The summed E-state index contributed by atoms with van der Waals surface area (Å²) in [7, 11) is 0. The first-order chi connectivity index (χ1) is 12.3. The molecule has 3 aromatic heterocycles. The molecule has 1 atom stereocenters.